The fourth-order valence-electron chi connectivity index (χ4n) is 1.64. The van der Waals surface area contributed by atoms with E-state index in [2.05, 4.69) is 28.0 Å². The van der Waals surface area contributed by atoms with Crippen LogP contribution in [0.25, 0.3) is 0 Å². The molecule has 21 heavy (non-hydrogen) atoms. The molecule has 0 bridgehead atoms. The van der Waals surface area contributed by atoms with Crippen LogP contribution >= 0.6 is 12.2 Å². The zero-order valence-electron chi connectivity index (χ0n) is 12.7. The summed E-state index contributed by atoms with van der Waals surface area (Å²) in [4.78, 5) is 0. The smallest absolute Gasteiger partial charge is 0.187 e. The molecule has 0 atom stereocenters. The van der Waals surface area contributed by atoms with Crippen LogP contribution < -0.4 is 10.7 Å². The third-order valence-corrected chi connectivity index (χ3v) is 2.97. The second kappa shape index (κ2) is 8.52. The van der Waals surface area contributed by atoms with Crippen LogP contribution in [0.5, 0.6) is 0 Å². The van der Waals surface area contributed by atoms with Crippen molar-refractivity contribution in [1.82, 2.24) is 10.7 Å². The van der Waals surface area contributed by atoms with Gasteiger partial charge in [0.2, 0.25) is 0 Å². The van der Waals surface area contributed by atoms with Gasteiger partial charge in [0.05, 0.1) is 11.8 Å². The molecule has 1 aliphatic rings. The zero-order valence-corrected chi connectivity index (χ0v) is 13.5. The Bertz CT molecular complexity index is 514. The van der Waals surface area contributed by atoms with E-state index in [1.807, 2.05) is 19.9 Å². The minimum atomic E-state index is -0.468. The average molecular weight is 307 g/mol. The Labute approximate surface area is 131 Å². The molecule has 0 unspecified atom stereocenters. The lowest BCUT2D eigenvalue weighted by Crippen LogP contribution is -2.45. The number of hydrogen-bond acceptors (Lipinski definition) is 2. The average Bonchev–Trinajstić information content (AvgIpc) is 2.45. The van der Waals surface area contributed by atoms with E-state index in [1.165, 1.54) is 12.2 Å². The quantitative estimate of drug-likeness (QED) is 0.350. The first-order valence-corrected chi connectivity index (χ1v) is 7.33. The highest BCUT2D eigenvalue weighted by molar-refractivity contribution is 7.80. The number of allylic oxidation sites excluding steroid dienone is 7. The molecule has 2 N–H and O–H groups in total. The standard InChI is InChI=1S/C16H22FN3S/c1-4-14(17)10-11-16(2,3)19-15(21)20-18-12-13-8-6-5-7-9-13/h4,6,8-12H,5,7H2,1-3H3,(H2,19,20,21). The zero-order chi connectivity index (χ0) is 15.7. The number of nitrogens with one attached hydrogen (secondary N) is 2. The maximum atomic E-state index is 13.1. The summed E-state index contributed by atoms with van der Waals surface area (Å²) in [7, 11) is 0. The Hall–Kier alpha value is -1.75. The summed E-state index contributed by atoms with van der Waals surface area (Å²) in [6, 6.07) is 0. The number of rotatable bonds is 5. The van der Waals surface area contributed by atoms with Crippen molar-refractivity contribution >= 4 is 23.5 Å². The van der Waals surface area contributed by atoms with Crippen molar-refractivity contribution in [3.63, 3.8) is 0 Å². The van der Waals surface area contributed by atoms with E-state index in [1.54, 1.807) is 19.2 Å². The molecule has 3 nitrogen and oxygen atoms in total. The predicted molar refractivity (Wildman–Crippen MR) is 91.9 cm³/mol. The maximum Gasteiger partial charge on any atom is 0.187 e. The molecular formula is C16H22FN3S. The van der Waals surface area contributed by atoms with Gasteiger partial charge in [-0.25, -0.2) is 4.39 Å². The van der Waals surface area contributed by atoms with Gasteiger partial charge in [-0.05, 0) is 57.5 Å². The highest BCUT2D eigenvalue weighted by atomic mass is 32.1. The van der Waals surface area contributed by atoms with Gasteiger partial charge in [-0.3, -0.25) is 5.43 Å². The summed E-state index contributed by atoms with van der Waals surface area (Å²) < 4.78 is 13.1. The molecule has 5 heteroatoms. The summed E-state index contributed by atoms with van der Waals surface area (Å²) in [5.41, 5.74) is 3.35. The fourth-order valence-corrected chi connectivity index (χ4v) is 1.96. The monoisotopic (exact) mass is 307 g/mol. The van der Waals surface area contributed by atoms with E-state index in [0.29, 0.717) is 5.11 Å². The first-order chi connectivity index (χ1) is 9.93. The molecule has 0 aliphatic heterocycles. The summed E-state index contributed by atoms with van der Waals surface area (Å²) in [5.74, 6) is -0.280. The molecule has 0 radical (unpaired) electrons. The summed E-state index contributed by atoms with van der Waals surface area (Å²) in [5, 5.41) is 7.54. The van der Waals surface area contributed by atoms with Gasteiger partial charge in [0.1, 0.15) is 5.83 Å². The van der Waals surface area contributed by atoms with Crippen LogP contribution in [0.4, 0.5) is 4.39 Å². The molecule has 1 rings (SSSR count). The van der Waals surface area contributed by atoms with Crippen molar-refractivity contribution < 1.29 is 4.39 Å². The van der Waals surface area contributed by atoms with Crippen molar-refractivity contribution in [2.24, 2.45) is 5.10 Å². The molecule has 0 saturated heterocycles. The second-order valence-corrected chi connectivity index (χ2v) is 5.64. The Kier molecular flexibility index (Phi) is 7.02. The third kappa shape index (κ3) is 7.56. The maximum absolute atomic E-state index is 13.1. The molecule has 0 aromatic heterocycles. The van der Waals surface area contributed by atoms with Gasteiger partial charge in [-0.2, -0.15) is 5.10 Å². The van der Waals surface area contributed by atoms with Crippen LogP contribution in [-0.2, 0) is 0 Å². The fraction of sp³-hybridized carbons (Fsp3) is 0.375. The lowest BCUT2D eigenvalue weighted by molar-refractivity contribution is 0.566. The first kappa shape index (κ1) is 17.3. The van der Waals surface area contributed by atoms with Gasteiger partial charge in [0.25, 0.3) is 0 Å². The van der Waals surface area contributed by atoms with E-state index in [9.17, 15) is 4.39 Å². The molecule has 0 aromatic rings. The summed E-state index contributed by atoms with van der Waals surface area (Å²) in [6.07, 6.45) is 14.6. The molecule has 0 aromatic carbocycles. The van der Waals surface area contributed by atoms with E-state index in [4.69, 9.17) is 12.2 Å². The number of thiocarbonyl (C=S) groups is 1. The van der Waals surface area contributed by atoms with Crippen molar-refractivity contribution in [3.05, 3.63) is 47.9 Å². The molecule has 0 fully saturated rings. The SMILES string of the molecule is CC=C(F)C=CC(C)(C)NC(=S)NN=CC1=CCCC=C1. The van der Waals surface area contributed by atoms with Gasteiger partial charge in [0.15, 0.2) is 5.11 Å². The molecule has 1 aliphatic carbocycles. The number of hydrogen-bond donors (Lipinski definition) is 2. The van der Waals surface area contributed by atoms with Gasteiger partial charge in [-0.1, -0.05) is 30.4 Å². The van der Waals surface area contributed by atoms with Crippen molar-refractivity contribution in [2.45, 2.75) is 39.2 Å². The Morgan fingerprint density at radius 2 is 2.19 bits per heavy atom. The van der Waals surface area contributed by atoms with Crippen LogP contribution in [0.1, 0.15) is 33.6 Å². The molecular weight excluding hydrogens is 285 g/mol. The largest absolute Gasteiger partial charge is 0.353 e. The Morgan fingerprint density at radius 3 is 2.81 bits per heavy atom. The minimum Gasteiger partial charge on any atom is -0.353 e. The highest BCUT2D eigenvalue weighted by Gasteiger charge is 2.14. The third-order valence-electron chi connectivity index (χ3n) is 2.77. The van der Waals surface area contributed by atoms with Crippen molar-refractivity contribution in [3.8, 4) is 0 Å². The van der Waals surface area contributed by atoms with Crippen LogP contribution in [0.15, 0.2) is 53.0 Å². The first-order valence-electron chi connectivity index (χ1n) is 6.92. The van der Waals surface area contributed by atoms with Crippen LogP contribution in [-0.4, -0.2) is 16.9 Å². The Morgan fingerprint density at radius 1 is 1.43 bits per heavy atom. The van der Waals surface area contributed by atoms with Crippen LogP contribution in [0.2, 0.25) is 0 Å². The number of halogens is 1. The second-order valence-electron chi connectivity index (χ2n) is 5.24. The van der Waals surface area contributed by atoms with E-state index in [-0.39, 0.29) is 5.83 Å². The van der Waals surface area contributed by atoms with E-state index < -0.39 is 5.54 Å². The van der Waals surface area contributed by atoms with Gasteiger partial charge in [0, 0.05) is 0 Å². The Balaban J connectivity index is 2.45. The van der Waals surface area contributed by atoms with Gasteiger partial charge >= 0.3 is 0 Å². The van der Waals surface area contributed by atoms with E-state index in [0.717, 1.165) is 18.4 Å². The minimum absolute atomic E-state index is 0.280. The number of hydrazone groups is 1. The molecule has 0 heterocycles. The lowest BCUT2D eigenvalue weighted by Gasteiger charge is -2.23. The number of nitrogens with zero attached hydrogens (tertiary/aromatic N) is 1. The molecule has 0 amide bonds. The van der Waals surface area contributed by atoms with Crippen molar-refractivity contribution in [1.29, 1.82) is 0 Å². The van der Waals surface area contributed by atoms with Gasteiger partial charge in [-0.15, -0.1) is 0 Å². The highest BCUT2D eigenvalue weighted by Crippen LogP contribution is 2.08. The topological polar surface area (TPSA) is 36.4 Å². The van der Waals surface area contributed by atoms with Crippen molar-refractivity contribution in [2.75, 3.05) is 0 Å². The lowest BCUT2D eigenvalue weighted by atomic mass is 10.1. The van der Waals surface area contributed by atoms with Crippen LogP contribution in [0, 0.1) is 0 Å². The molecule has 0 saturated carbocycles. The summed E-state index contributed by atoms with van der Waals surface area (Å²) in [6.45, 7) is 5.45. The van der Waals surface area contributed by atoms with Gasteiger partial charge < -0.3 is 5.32 Å². The summed E-state index contributed by atoms with van der Waals surface area (Å²) >= 11 is 5.16. The van der Waals surface area contributed by atoms with Crippen LogP contribution in [0.3, 0.4) is 0 Å². The van der Waals surface area contributed by atoms with E-state index >= 15 is 0 Å². The normalized spacial score (nSPS) is 16.4. The molecule has 114 valence electrons. The predicted octanol–water partition coefficient (Wildman–Crippen LogP) is 3.92. The molecule has 0 spiro atoms.